The Kier molecular flexibility index (Phi) is 9.48. The highest BCUT2D eigenvalue weighted by Gasteiger charge is 2.36. The summed E-state index contributed by atoms with van der Waals surface area (Å²) in [5.41, 5.74) is 3.29. The van der Waals surface area contributed by atoms with Gasteiger partial charge in [-0.05, 0) is 83.3 Å². The zero-order valence-corrected chi connectivity index (χ0v) is 29.6. The van der Waals surface area contributed by atoms with Crippen molar-refractivity contribution < 1.29 is 27.8 Å². The highest BCUT2D eigenvalue weighted by Crippen LogP contribution is 2.41. The summed E-state index contributed by atoms with van der Waals surface area (Å²) in [6.07, 6.45) is -0.847. The number of aryl methyl sites for hydroxylation is 3. The van der Waals surface area contributed by atoms with Crippen LogP contribution in [0.2, 0.25) is 5.02 Å². The summed E-state index contributed by atoms with van der Waals surface area (Å²) in [5, 5.41) is 13.4. The smallest absolute Gasteiger partial charge is 0.434 e. The van der Waals surface area contributed by atoms with Crippen LogP contribution in [0.4, 0.5) is 13.2 Å². The summed E-state index contributed by atoms with van der Waals surface area (Å²) in [4.78, 5) is 41.2. The van der Waals surface area contributed by atoms with Crippen LogP contribution < -0.4 is 10.3 Å². The maximum atomic E-state index is 13.9. The second-order valence-corrected chi connectivity index (χ2v) is 15.0. The molecule has 50 heavy (non-hydrogen) atoms. The first-order valence-corrected chi connectivity index (χ1v) is 18.4. The molecule has 1 saturated heterocycles. The molecule has 4 aromatic heterocycles. The van der Waals surface area contributed by atoms with Crippen molar-refractivity contribution in [1.29, 1.82) is 0 Å². The van der Waals surface area contributed by atoms with Crippen molar-refractivity contribution >= 4 is 50.5 Å². The number of carboxylic acid groups (broad SMARTS) is 1. The van der Waals surface area contributed by atoms with E-state index in [2.05, 4.69) is 14.9 Å². The second kappa shape index (κ2) is 13.7. The Morgan fingerprint density at radius 1 is 1.06 bits per heavy atom. The molecule has 1 aliphatic carbocycles. The number of ether oxygens (including phenoxy) is 1. The molecule has 0 unspecified atom stereocenters. The number of carbonyl (C=O) groups is 1. The molecule has 1 aliphatic heterocycles. The molecule has 7 rings (SSSR count). The van der Waals surface area contributed by atoms with E-state index in [1.54, 1.807) is 35.1 Å². The van der Waals surface area contributed by atoms with Crippen molar-refractivity contribution in [2.75, 3.05) is 19.7 Å². The van der Waals surface area contributed by atoms with Gasteiger partial charge >= 0.3 is 12.1 Å². The summed E-state index contributed by atoms with van der Waals surface area (Å²) < 4.78 is 47.9. The number of alkyl halides is 3. The Balaban J connectivity index is 1.05. The fourth-order valence-electron chi connectivity index (χ4n) is 7.08. The third-order valence-electron chi connectivity index (χ3n) is 9.59. The predicted molar refractivity (Wildman–Crippen MR) is 187 cm³/mol. The monoisotopic (exact) mass is 743 g/mol. The first-order chi connectivity index (χ1) is 23.9. The number of hydrogen-bond donors (Lipinski definition) is 1. The number of halogens is 4. The van der Waals surface area contributed by atoms with Gasteiger partial charge in [0.25, 0.3) is 5.56 Å². The number of nitrogens with zero attached hydrogens (tertiary/aromatic N) is 5. The Labute approximate surface area is 298 Å². The van der Waals surface area contributed by atoms with Crippen LogP contribution in [-0.4, -0.2) is 61.2 Å². The molecule has 1 N–H and O–H groups in total. The molecular formula is C35H33ClF3N5O4S2. The van der Waals surface area contributed by atoms with Crippen molar-refractivity contribution in [1.82, 2.24) is 24.4 Å². The van der Waals surface area contributed by atoms with Crippen LogP contribution in [0.3, 0.4) is 0 Å². The van der Waals surface area contributed by atoms with E-state index in [1.807, 2.05) is 13.0 Å². The minimum atomic E-state index is -4.43. The van der Waals surface area contributed by atoms with E-state index in [9.17, 15) is 27.9 Å². The molecule has 2 aliphatic rings. The lowest BCUT2D eigenvalue weighted by Gasteiger charge is -2.39. The molecule has 0 bridgehead atoms. The highest BCUT2D eigenvalue weighted by atomic mass is 35.5. The third kappa shape index (κ3) is 6.78. The SMILES string of the molecule is Cc1cc(-c2cc(Cl)ccc2OCCn2c(C)nc3c(c2=O)C[C@H](N2CCC(c4nc(C(F)(F)F)cs4)CC2)CC3)c2scc(C(=O)O)c2n1. The average molecular weight is 744 g/mol. The van der Waals surface area contributed by atoms with Gasteiger partial charge in [-0.3, -0.25) is 19.2 Å². The first-order valence-electron chi connectivity index (χ1n) is 16.3. The first kappa shape index (κ1) is 34.6. The molecule has 9 nitrogen and oxygen atoms in total. The summed E-state index contributed by atoms with van der Waals surface area (Å²) >= 11 is 8.79. The highest BCUT2D eigenvalue weighted by molar-refractivity contribution is 7.18. The van der Waals surface area contributed by atoms with Crippen molar-refractivity contribution in [3.8, 4) is 16.9 Å². The van der Waals surface area contributed by atoms with Gasteiger partial charge in [-0.25, -0.2) is 14.8 Å². The number of hydrogen-bond acceptors (Lipinski definition) is 9. The van der Waals surface area contributed by atoms with Gasteiger partial charge in [0.15, 0.2) is 5.69 Å². The van der Waals surface area contributed by atoms with Gasteiger partial charge in [-0.15, -0.1) is 22.7 Å². The average Bonchev–Trinajstić information content (AvgIpc) is 3.75. The minimum Gasteiger partial charge on any atom is -0.491 e. The normalized spacial score (nSPS) is 17.3. The number of thiazole rings is 1. The maximum Gasteiger partial charge on any atom is 0.434 e. The number of thiophene rings is 1. The van der Waals surface area contributed by atoms with Gasteiger partial charge in [0.1, 0.15) is 18.2 Å². The molecule has 0 amide bonds. The molecule has 0 radical (unpaired) electrons. The third-order valence-corrected chi connectivity index (χ3v) is 11.8. The van der Waals surface area contributed by atoms with Gasteiger partial charge in [0, 0.05) is 50.1 Å². The summed E-state index contributed by atoms with van der Waals surface area (Å²) in [7, 11) is 0. The van der Waals surface area contributed by atoms with Gasteiger partial charge in [-0.1, -0.05) is 11.6 Å². The largest absolute Gasteiger partial charge is 0.491 e. The van der Waals surface area contributed by atoms with Crippen LogP contribution in [-0.2, 0) is 25.6 Å². The number of benzene rings is 1. The summed E-state index contributed by atoms with van der Waals surface area (Å²) in [6, 6.07) is 7.31. The molecule has 1 fully saturated rings. The van der Waals surface area contributed by atoms with Crippen LogP contribution in [0.5, 0.6) is 5.75 Å². The van der Waals surface area contributed by atoms with Gasteiger partial charge in [0.05, 0.1) is 33.0 Å². The molecule has 0 spiro atoms. The fraction of sp³-hybridized carbons (Fsp3) is 0.400. The second-order valence-electron chi connectivity index (χ2n) is 12.7. The number of aromatic nitrogens is 4. The van der Waals surface area contributed by atoms with Crippen LogP contribution in [0.15, 0.2) is 39.8 Å². The van der Waals surface area contributed by atoms with Crippen LogP contribution in [0.1, 0.15) is 69.0 Å². The van der Waals surface area contributed by atoms with Crippen molar-refractivity contribution in [2.24, 2.45) is 0 Å². The summed E-state index contributed by atoms with van der Waals surface area (Å²) in [6.45, 7) is 5.55. The Bertz CT molecular complexity index is 2160. The van der Waals surface area contributed by atoms with Gasteiger partial charge < -0.3 is 9.84 Å². The van der Waals surface area contributed by atoms with Crippen LogP contribution in [0, 0.1) is 13.8 Å². The zero-order valence-electron chi connectivity index (χ0n) is 27.2. The van der Waals surface area contributed by atoms with Crippen molar-refractivity contribution in [2.45, 2.75) is 70.6 Å². The number of carboxylic acids is 1. The van der Waals surface area contributed by atoms with Crippen LogP contribution >= 0.6 is 34.3 Å². The van der Waals surface area contributed by atoms with Gasteiger partial charge in [0.2, 0.25) is 0 Å². The number of piperidine rings is 1. The lowest BCUT2D eigenvalue weighted by molar-refractivity contribution is -0.140. The molecule has 262 valence electrons. The Morgan fingerprint density at radius 2 is 1.84 bits per heavy atom. The topological polar surface area (TPSA) is 110 Å². The Hall–Kier alpha value is -3.85. The lowest BCUT2D eigenvalue weighted by atomic mass is 9.88. The molecule has 1 aromatic carbocycles. The van der Waals surface area contributed by atoms with E-state index in [1.165, 1.54) is 11.3 Å². The van der Waals surface area contributed by atoms with E-state index in [0.717, 1.165) is 60.3 Å². The van der Waals surface area contributed by atoms with E-state index in [0.29, 0.717) is 61.5 Å². The number of fused-ring (bicyclic) bond motifs is 2. The van der Waals surface area contributed by atoms with E-state index < -0.39 is 17.8 Å². The van der Waals surface area contributed by atoms with Crippen LogP contribution in [0.25, 0.3) is 21.3 Å². The van der Waals surface area contributed by atoms with Crippen molar-refractivity contribution in [3.63, 3.8) is 0 Å². The molecule has 5 heterocycles. The standard InChI is InChI=1S/C35H33ClF3N5O4S2/c1-18-13-24(31-30(40-18)26(16-49-31)34(46)47)23-14-21(36)3-6-28(23)48-12-11-44-19(2)41-27-5-4-22(15-25(27)33(44)45)43-9-7-20(8-10-43)32-42-29(17-50-32)35(37,38)39/h3,6,13-14,16-17,20,22H,4-5,7-12,15H2,1-2H3,(H,46,47)/t22-/m1/s1. The molecule has 15 heteroatoms. The number of pyridine rings is 1. The van der Waals surface area contributed by atoms with Crippen molar-refractivity contribution in [3.05, 3.63) is 89.4 Å². The number of rotatable bonds is 8. The molecule has 0 saturated carbocycles. The summed E-state index contributed by atoms with van der Waals surface area (Å²) in [5.74, 6) is 0.114. The minimum absolute atomic E-state index is 0.00654. The molecule has 5 aromatic rings. The number of aromatic carboxylic acids is 1. The molecular weight excluding hydrogens is 711 g/mol. The Morgan fingerprint density at radius 3 is 2.56 bits per heavy atom. The maximum absolute atomic E-state index is 13.9. The van der Waals surface area contributed by atoms with E-state index in [4.69, 9.17) is 21.3 Å². The zero-order chi connectivity index (χ0) is 35.3. The van der Waals surface area contributed by atoms with E-state index in [-0.39, 0.29) is 36.2 Å². The predicted octanol–water partition coefficient (Wildman–Crippen LogP) is 7.78. The quantitative estimate of drug-likeness (QED) is 0.172. The lowest BCUT2D eigenvalue weighted by Crippen LogP contribution is -2.46. The van der Waals surface area contributed by atoms with E-state index >= 15 is 0 Å². The van der Waals surface area contributed by atoms with Gasteiger partial charge in [-0.2, -0.15) is 13.2 Å². The number of likely N-dealkylation sites (tertiary alicyclic amines) is 1. The fourth-order valence-corrected chi connectivity index (χ4v) is 9.26. The molecule has 1 atom stereocenters.